The molecule has 1 aliphatic heterocycles. The number of hydrogen-bond acceptors (Lipinski definition) is 4. The second kappa shape index (κ2) is 5.75. The molecule has 2 N–H and O–H groups in total. The Morgan fingerprint density at radius 2 is 1.95 bits per heavy atom. The topological polar surface area (TPSA) is 76.3 Å². The molecule has 0 amide bonds. The molecular formula is C13H19N3O2S2. The maximum atomic E-state index is 12.7. The molecular weight excluding hydrogens is 294 g/mol. The molecule has 2 heterocycles. The molecule has 0 bridgehead atoms. The molecule has 0 unspecified atom stereocenters. The van der Waals surface area contributed by atoms with Crippen molar-refractivity contribution in [1.29, 1.82) is 0 Å². The molecule has 1 aromatic rings. The minimum Gasteiger partial charge on any atom is -0.388 e. The summed E-state index contributed by atoms with van der Waals surface area (Å²) in [6.07, 6.45) is 4.18. The van der Waals surface area contributed by atoms with Crippen molar-refractivity contribution in [1.82, 2.24) is 9.29 Å². The van der Waals surface area contributed by atoms with Crippen LogP contribution in [-0.2, 0) is 10.0 Å². The molecule has 0 saturated carbocycles. The SMILES string of the molecule is C[C@@H]1CCC[C@H](C)N1S(=O)(=O)c1ccc(C(N)=S)nc1. The van der Waals surface area contributed by atoms with Gasteiger partial charge >= 0.3 is 0 Å². The molecule has 1 saturated heterocycles. The van der Waals surface area contributed by atoms with Crippen molar-refractivity contribution in [3.8, 4) is 0 Å². The van der Waals surface area contributed by atoms with E-state index in [2.05, 4.69) is 4.98 Å². The van der Waals surface area contributed by atoms with Crippen LogP contribution in [0.4, 0.5) is 0 Å². The summed E-state index contributed by atoms with van der Waals surface area (Å²) in [7, 11) is -3.52. The Balaban J connectivity index is 2.36. The highest BCUT2D eigenvalue weighted by Gasteiger charge is 2.35. The van der Waals surface area contributed by atoms with Crippen LogP contribution in [0.15, 0.2) is 23.2 Å². The van der Waals surface area contributed by atoms with Gasteiger partial charge in [0.2, 0.25) is 10.0 Å². The maximum Gasteiger partial charge on any atom is 0.245 e. The zero-order valence-corrected chi connectivity index (χ0v) is 13.2. The third-order valence-electron chi connectivity index (χ3n) is 3.68. The van der Waals surface area contributed by atoms with E-state index < -0.39 is 10.0 Å². The first-order valence-electron chi connectivity index (χ1n) is 6.63. The third-order valence-corrected chi connectivity index (χ3v) is 6.00. The van der Waals surface area contributed by atoms with Crippen LogP contribution in [0.5, 0.6) is 0 Å². The molecule has 1 aliphatic rings. The molecule has 5 nitrogen and oxygen atoms in total. The minimum absolute atomic E-state index is 0.0130. The second-order valence-electron chi connectivity index (χ2n) is 5.21. The van der Waals surface area contributed by atoms with Crippen LogP contribution in [0.25, 0.3) is 0 Å². The molecule has 7 heteroatoms. The number of piperidine rings is 1. The van der Waals surface area contributed by atoms with Crippen LogP contribution >= 0.6 is 12.2 Å². The lowest BCUT2D eigenvalue weighted by Gasteiger charge is -2.37. The summed E-state index contributed by atoms with van der Waals surface area (Å²) in [5.41, 5.74) is 5.90. The summed E-state index contributed by atoms with van der Waals surface area (Å²) in [6, 6.07) is 3.09. The average molecular weight is 313 g/mol. The molecule has 20 heavy (non-hydrogen) atoms. The number of pyridine rings is 1. The highest BCUT2D eigenvalue weighted by atomic mass is 32.2. The van der Waals surface area contributed by atoms with Gasteiger partial charge in [0, 0.05) is 18.3 Å². The van der Waals surface area contributed by atoms with E-state index in [9.17, 15) is 8.42 Å². The fourth-order valence-electron chi connectivity index (χ4n) is 2.67. The summed E-state index contributed by atoms with van der Waals surface area (Å²) in [6.45, 7) is 3.90. The Hall–Kier alpha value is -1.05. The smallest absolute Gasteiger partial charge is 0.245 e. The van der Waals surface area contributed by atoms with Gasteiger partial charge in [0.1, 0.15) is 9.88 Å². The zero-order valence-electron chi connectivity index (χ0n) is 11.6. The summed E-state index contributed by atoms with van der Waals surface area (Å²) in [5, 5.41) is 0. The van der Waals surface area contributed by atoms with E-state index in [0.29, 0.717) is 5.69 Å². The van der Waals surface area contributed by atoms with Gasteiger partial charge in [0.15, 0.2) is 0 Å². The van der Waals surface area contributed by atoms with E-state index in [0.717, 1.165) is 19.3 Å². The Labute approximate surface area is 125 Å². The normalized spacial score (nSPS) is 24.5. The summed E-state index contributed by atoms with van der Waals surface area (Å²) < 4.78 is 27.0. The molecule has 2 rings (SSSR count). The van der Waals surface area contributed by atoms with Crippen LogP contribution in [-0.4, -0.2) is 34.8 Å². The van der Waals surface area contributed by atoms with Crippen LogP contribution in [0.1, 0.15) is 38.8 Å². The van der Waals surface area contributed by atoms with Gasteiger partial charge in [0.25, 0.3) is 0 Å². The second-order valence-corrected chi connectivity index (χ2v) is 7.49. The number of nitrogens with zero attached hydrogens (tertiary/aromatic N) is 2. The quantitative estimate of drug-likeness (QED) is 0.859. The van der Waals surface area contributed by atoms with E-state index in [-0.39, 0.29) is 22.0 Å². The molecule has 1 aromatic heterocycles. The largest absolute Gasteiger partial charge is 0.388 e. The van der Waals surface area contributed by atoms with Gasteiger partial charge in [-0.15, -0.1) is 0 Å². The monoisotopic (exact) mass is 313 g/mol. The fraction of sp³-hybridized carbons (Fsp3) is 0.538. The van der Waals surface area contributed by atoms with Gasteiger partial charge in [-0.05, 0) is 38.8 Å². The Kier molecular flexibility index (Phi) is 4.41. The lowest BCUT2D eigenvalue weighted by atomic mass is 10.0. The van der Waals surface area contributed by atoms with Gasteiger partial charge in [-0.2, -0.15) is 4.31 Å². The van der Waals surface area contributed by atoms with Crippen LogP contribution in [0.2, 0.25) is 0 Å². The van der Waals surface area contributed by atoms with Crippen LogP contribution < -0.4 is 5.73 Å². The van der Waals surface area contributed by atoms with Crippen molar-refractivity contribution >= 4 is 27.2 Å². The number of thiocarbonyl (C=S) groups is 1. The molecule has 0 aromatic carbocycles. The number of nitrogens with two attached hydrogens (primary N) is 1. The number of aromatic nitrogens is 1. The molecule has 1 fully saturated rings. The Morgan fingerprint density at radius 3 is 2.40 bits per heavy atom. The van der Waals surface area contributed by atoms with Gasteiger partial charge < -0.3 is 5.73 Å². The standard InChI is InChI=1S/C13H19N3O2S2/c1-9-4-3-5-10(2)16(9)20(17,18)11-6-7-12(13(14)19)15-8-11/h6-10H,3-5H2,1-2H3,(H2,14,19)/t9-,10+. The average Bonchev–Trinajstić information content (AvgIpc) is 2.38. The van der Waals surface area contributed by atoms with Gasteiger partial charge in [0.05, 0.1) is 5.69 Å². The lowest BCUT2D eigenvalue weighted by Crippen LogP contribution is -2.47. The van der Waals surface area contributed by atoms with Crippen molar-refractivity contribution < 1.29 is 8.42 Å². The molecule has 110 valence electrons. The van der Waals surface area contributed by atoms with Gasteiger partial charge in [-0.3, -0.25) is 4.98 Å². The van der Waals surface area contributed by atoms with Crippen molar-refractivity contribution in [2.45, 2.75) is 50.1 Å². The van der Waals surface area contributed by atoms with E-state index in [1.54, 1.807) is 10.4 Å². The Bertz CT molecular complexity index is 589. The summed E-state index contributed by atoms with van der Waals surface area (Å²) in [4.78, 5) is 4.37. The predicted molar refractivity (Wildman–Crippen MR) is 81.9 cm³/mol. The first-order chi connectivity index (χ1) is 9.34. The number of sulfonamides is 1. The third kappa shape index (κ3) is 2.84. The molecule has 0 spiro atoms. The first kappa shape index (κ1) is 15.3. The molecule has 0 radical (unpaired) electrons. The van der Waals surface area contributed by atoms with Crippen molar-refractivity contribution in [2.24, 2.45) is 5.73 Å². The van der Waals surface area contributed by atoms with Crippen LogP contribution in [0.3, 0.4) is 0 Å². The van der Waals surface area contributed by atoms with E-state index in [4.69, 9.17) is 18.0 Å². The molecule has 0 aliphatic carbocycles. The maximum absolute atomic E-state index is 12.7. The highest BCUT2D eigenvalue weighted by Crippen LogP contribution is 2.29. The van der Waals surface area contributed by atoms with Gasteiger partial charge in [-0.25, -0.2) is 8.42 Å². The van der Waals surface area contributed by atoms with Crippen molar-refractivity contribution in [3.05, 3.63) is 24.0 Å². The first-order valence-corrected chi connectivity index (χ1v) is 8.48. The number of hydrogen-bond donors (Lipinski definition) is 1. The zero-order chi connectivity index (χ0) is 14.9. The van der Waals surface area contributed by atoms with Crippen molar-refractivity contribution in [3.63, 3.8) is 0 Å². The fourth-order valence-corrected chi connectivity index (χ4v) is 4.62. The van der Waals surface area contributed by atoms with E-state index >= 15 is 0 Å². The summed E-state index contributed by atoms with van der Waals surface area (Å²) in [5.74, 6) is 0. The van der Waals surface area contributed by atoms with Gasteiger partial charge in [-0.1, -0.05) is 18.6 Å². The highest BCUT2D eigenvalue weighted by molar-refractivity contribution is 7.89. The van der Waals surface area contributed by atoms with E-state index in [1.807, 2.05) is 13.8 Å². The Morgan fingerprint density at radius 1 is 1.35 bits per heavy atom. The summed E-state index contributed by atoms with van der Waals surface area (Å²) >= 11 is 4.82. The minimum atomic E-state index is -3.52. The number of rotatable bonds is 3. The predicted octanol–water partition coefficient (Wildman–Crippen LogP) is 1.67. The molecule has 2 atom stereocenters. The van der Waals surface area contributed by atoms with Crippen LogP contribution in [0, 0.1) is 0 Å². The van der Waals surface area contributed by atoms with E-state index in [1.165, 1.54) is 12.3 Å². The van der Waals surface area contributed by atoms with Crippen molar-refractivity contribution in [2.75, 3.05) is 0 Å². The lowest BCUT2D eigenvalue weighted by molar-refractivity contribution is 0.204.